The third-order valence-corrected chi connectivity index (χ3v) is 8.00. The van der Waals surface area contributed by atoms with Crippen molar-refractivity contribution < 1.29 is 19.1 Å². The number of ether oxygens (including phenoxy) is 1. The van der Waals surface area contributed by atoms with E-state index in [2.05, 4.69) is 30.6 Å². The SMILES string of the molecule is CN(C(=O)CN(C=O)c1cc(C2CC2)cn2cc(CNc3cc(NC(=O)C4CC4)ncn3)nc12)C1COC1.Cc1ccncn1. The molecule has 2 saturated carbocycles. The van der Waals surface area contributed by atoms with Gasteiger partial charge in [-0.15, -0.1) is 0 Å². The number of aryl methyl sites for hydroxylation is 1. The molecular formula is C31H36N10O4. The second-order valence-corrected chi connectivity index (χ2v) is 11.6. The van der Waals surface area contributed by atoms with Crippen LogP contribution in [0, 0.1) is 12.8 Å². The molecular weight excluding hydrogens is 576 g/mol. The number of carbonyl (C=O) groups excluding carboxylic acids is 3. The fourth-order valence-corrected chi connectivity index (χ4v) is 4.81. The number of likely N-dealkylation sites (N-methyl/N-ethyl adjacent to an activating group) is 1. The molecule has 2 N–H and O–H groups in total. The van der Waals surface area contributed by atoms with E-state index in [1.165, 1.54) is 17.6 Å². The molecule has 14 heteroatoms. The number of pyridine rings is 1. The lowest BCUT2D eigenvalue weighted by Crippen LogP contribution is -2.52. The van der Waals surface area contributed by atoms with E-state index in [9.17, 15) is 14.4 Å². The molecule has 4 aromatic rings. The summed E-state index contributed by atoms with van der Waals surface area (Å²) >= 11 is 0. The smallest absolute Gasteiger partial charge is 0.242 e. The summed E-state index contributed by atoms with van der Waals surface area (Å²) in [6.45, 7) is 3.26. The Kier molecular flexibility index (Phi) is 8.91. The van der Waals surface area contributed by atoms with Crippen molar-refractivity contribution in [3.05, 3.63) is 66.4 Å². The van der Waals surface area contributed by atoms with Crippen molar-refractivity contribution in [3.8, 4) is 0 Å². The van der Waals surface area contributed by atoms with Gasteiger partial charge in [-0.3, -0.25) is 14.4 Å². The topological polar surface area (TPSA) is 160 Å². The molecule has 0 unspecified atom stereocenters. The third-order valence-electron chi connectivity index (χ3n) is 8.00. The summed E-state index contributed by atoms with van der Waals surface area (Å²) in [7, 11) is 1.74. The average molecular weight is 613 g/mol. The maximum Gasteiger partial charge on any atom is 0.242 e. The molecule has 0 atom stereocenters. The molecule has 0 aromatic carbocycles. The zero-order chi connectivity index (χ0) is 31.3. The number of carbonyl (C=O) groups is 3. The molecule has 1 aliphatic heterocycles. The van der Waals surface area contributed by atoms with Crippen LogP contribution >= 0.6 is 0 Å². The predicted octanol–water partition coefficient (Wildman–Crippen LogP) is 2.57. The Balaban J connectivity index is 0.000000452. The summed E-state index contributed by atoms with van der Waals surface area (Å²) in [6.07, 6.45) is 13.4. The van der Waals surface area contributed by atoms with Crippen LogP contribution in [-0.2, 0) is 25.7 Å². The zero-order valence-electron chi connectivity index (χ0n) is 25.3. The van der Waals surface area contributed by atoms with Gasteiger partial charge >= 0.3 is 0 Å². The van der Waals surface area contributed by atoms with Crippen molar-refractivity contribution in [1.29, 1.82) is 0 Å². The van der Waals surface area contributed by atoms with Crippen molar-refractivity contribution in [2.75, 3.05) is 42.3 Å². The molecule has 0 bridgehead atoms. The Bertz CT molecular complexity index is 1670. The molecule has 7 rings (SSSR count). The Morgan fingerprint density at radius 1 is 1.07 bits per heavy atom. The van der Waals surface area contributed by atoms with Crippen LogP contribution in [0.4, 0.5) is 17.3 Å². The van der Waals surface area contributed by atoms with Crippen LogP contribution in [0.1, 0.15) is 48.6 Å². The van der Waals surface area contributed by atoms with Crippen molar-refractivity contribution in [2.45, 2.75) is 51.1 Å². The van der Waals surface area contributed by atoms with Gasteiger partial charge in [0.1, 0.15) is 30.8 Å². The van der Waals surface area contributed by atoms with Crippen LogP contribution in [0.15, 0.2) is 49.4 Å². The fourth-order valence-electron chi connectivity index (χ4n) is 4.81. The number of amides is 3. The van der Waals surface area contributed by atoms with E-state index in [1.807, 2.05) is 35.9 Å². The molecule has 3 aliphatic rings. The van der Waals surface area contributed by atoms with Gasteiger partial charge in [-0.1, -0.05) is 0 Å². The summed E-state index contributed by atoms with van der Waals surface area (Å²) in [5, 5.41) is 6.06. The highest BCUT2D eigenvalue weighted by molar-refractivity contribution is 5.93. The lowest BCUT2D eigenvalue weighted by atomic mass is 10.1. The maximum absolute atomic E-state index is 12.9. The summed E-state index contributed by atoms with van der Waals surface area (Å²) in [5.41, 5.74) is 4.07. The van der Waals surface area contributed by atoms with Crippen LogP contribution in [-0.4, -0.2) is 85.3 Å². The van der Waals surface area contributed by atoms with Gasteiger partial charge in [-0.2, -0.15) is 0 Å². The number of nitrogens with one attached hydrogen (secondary N) is 2. The summed E-state index contributed by atoms with van der Waals surface area (Å²) in [5.74, 6) is 1.39. The maximum atomic E-state index is 12.9. The highest BCUT2D eigenvalue weighted by Crippen LogP contribution is 2.41. The molecule has 14 nitrogen and oxygen atoms in total. The standard InChI is InChI=1S/C26H30N8O4.C5H6N2/c1-32(20-12-38-13-20)24(36)11-34(15-35)21-6-18(16-2-3-16)9-33-10-19(30-25(21)33)8-27-22-7-23(29-14-28-22)31-26(37)17-4-5-17;1-5-2-3-6-4-7-5/h6-7,9-10,14-17,20H,2-5,8,11-13H2,1H3,(H2,27,28,29,31,37);2-4H,1H3. The fraction of sp³-hybridized carbons (Fsp3) is 0.419. The molecule has 234 valence electrons. The zero-order valence-corrected chi connectivity index (χ0v) is 25.3. The van der Waals surface area contributed by atoms with E-state index in [-0.39, 0.29) is 30.3 Å². The van der Waals surface area contributed by atoms with Crippen molar-refractivity contribution in [2.24, 2.45) is 5.92 Å². The third kappa shape index (κ3) is 7.58. The highest BCUT2D eigenvalue weighted by Gasteiger charge is 2.31. The van der Waals surface area contributed by atoms with Gasteiger partial charge in [0.25, 0.3) is 0 Å². The van der Waals surface area contributed by atoms with E-state index < -0.39 is 0 Å². The number of fused-ring (bicyclic) bond motifs is 1. The number of anilines is 3. The second kappa shape index (κ2) is 13.3. The Hall–Kier alpha value is -4.98. The Morgan fingerprint density at radius 3 is 2.49 bits per heavy atom. The highest BCUT2D eigenvalue weighted by atomic mass is 16.5. The minimum Gasteiger partial charge on any atom is -0.377 e. The van der Waals surface area contributed by atoms with Crippen molar-refractivity contribution in [1.82, 2.24) is 34.2 Å². The summed E-state index contributed by atoms with van der Waals surface area (Å²) in [4.78, 5) is 60.9. The Labute approximate surface area is 260 Å². The van der Waals surface area contributed by atoms with Crippen LogP contribution in [0.3, 0.4) is 0 Å². The number of aromatic nitrogens is 6. The Morgan fingerprint density at radius 2 is 1.87 bits per heavy atom. The minimum atomic E-state index is -0.151. The van der Waals surface area contributed by atoms with Gasteiger partial charge in [-0.05, 0) is 56.2 Å². The lowest BCUT2D eigenvalue weighted by Gasteiger charge is -2.35. The van der Waals surface area contributed by atoms with Crippen LogP contribution in [0.25, 0.3) is 5.65 Å². The van der Waals surface area contributed by atoms with Gasteiger partial charge in [-0.25, -0.2) is 24.9 Å². The van der Waals surface area contributed by atoms with E-state index in [4.69, 9.17) is 9.72 Å². The molecule has 0 radical (unpaired) electrons. The molecule has 0 spiro atoms. The summed E-state index contributed by atoms with van der Waals surface area (Å²) < 4.78 is 7.12. The quantitative estimate of drug-likeness (QED) is 0.241. The summed E-state index contributed by atoms with van der Waals surface area (Å²) in [6, 6.07) is 5.57. The first-order valence-electron chi connectivity index (χ1n) is 15.0. The first-order valence-corrected chi connectivity index (χ1v) is 15.0. The lowest BCUT2D eigenvalue weighted by molar-refractivity contribution is -0.140. The molecule has 5 heterocycles. The number of hydrogen-bond acceptors (Lipinski definition) is 10. The number of rotatable bonds is 11. The first kappa shape index (κ1) is 30.1. The van der Waals surface area contributed by atoms with Gasteiger partial charge < -0.3 is 29.6 Å². The van der Waals surface area contributed by atoms with Crippen LogP contribution in [0.5, 0.6) is 0 Å². The predicted molar refractivity (Wildman–Crippen MR) is 165 cm³/mol. The van der Waals surface area contributed by atoms with Crippen LogP contribution < -0.4 is 15.5 Å². The molecule has 45 heavy (non-hydrogen) atoms. The van der Waals surface area contributed by atoms with E-state index in [1.54, 1.807) is 24.2 Å². The molecule has 4 aromatic heterocycles. The average Bonchev–Trinajstić information content (AvgIpc) is 3.95. The molecule has 2 aliphatic carbocycles. The second-order valence-electron chi connectivity index (χ2n) is 11.6. The van der Waals surface area contributed by atoms with Crippen LogP contribution in [0.2, 0.25) is 0 Å². The first-order chi connectivity index (χ1) is 21.9. The van der Waals surface area contributed by atoms with Gasteiger partial charge in [0.2, 0.25) is 18.2 Å². The largest absolute Gasteiger partial charge is 0.377 e. The molecule has 3 fully saturated rings. The monoisotopic (exact) mass is 612 g/mol. The molecule has 3 amide bonds. The van der Waals surface area contributed by atoms with Gasteiger partial charge in [0.15, 0.2) is 5.65 Å². The van der Waals surface area contributed by atoms with E-state index in [0.29, 0.717) is 55.1 Å². The number of hydrogen-bond donors (Lipinski definition) is 2. The van der Waals surface area contributed by atoms with Crippen molar-refractivity contribution in [3.63, 3.8) is 0 Å². The number of nitrogens with zero attached hydrogens (tertiary/aromatic N) is 8. The normalized spacial score (nSPS) is 15.8. The van der Waals surface area contributed by atoms with Crippen molar-refractivity contribution >= 4 is 41.2 Å². The number of imidazole rings is 1. The van der Waals surface area contributed by atoms with E-state index in [0.717, 1.165) is 42.6 Å². The van der Waals surface area contributed by atoms with E-state index >= 15 is 0 Å². The van der Waals surface area contributed by atoms with Gasteiger partial charge in [0, 0.05) is 43.3 Å². The minimum absolute atomic E-state index is 0.0144. The molecule has 1 saturated heterocycles. The van der Waals surface area contributed by atoms with Gasteiger partial charge in [0.05, 0.1) is 37.2 Å².